The number of hydrogen-bond acceptors (Lipinski definition) is 6. The lowest BCUT2D eigenvalue weighted by Crippen LogP contribution is -2.26. The van der Waals surface area contributed by atoms with E-state index >= 15 is 0 Å². The molecule has 0 bridgehead atoms. The van der Waals surface area contributed by atoms with Crippen LogP contribution in [0, 0.1) is 0 Å². The van der Waals surface area contributed by atoms with Crippen LogP contribution in [-0.2, 0) is 16.4 Å². The Morgan fingerprint density at radius 3 is 2.78 bits per heavy atom. The standard InChI is InChI=1S/C9H9ClN4O3S/c10-8-2-1-7(5-11-8)18(15,16)14-4-3-9-12-6-13-17-9/h1-2,5-6,14H,3-4H2. The molecular weight excluding hydrogens is 280 g/mol. The summed E-state index contributed by atoms with van der Waals surface area (Å²) in [6, 6.07) is 2.79. The first-order valence-electron chi connectivity index (χ1n) is 4.95. The molecule has 0 fully saturated rings. The van der Waals surface area contributed by atoms with Crippen LogP contribution in [0.15, 0.2) is 34.1 Å². The van der Waals surface area contributed by atoms with Crippen LogP contribution in [0.5, 0.6) is 0 Å². The average molecular weight is 289 g/mol. The second-order valence-electron chi connectivity index (χ2n) is 3.30. The maximum absolute atomic E-state index is 11.8. The Kier molecular flexibility index (Phi) is 3.90. The van der Waals surface area contributed by atoms with Crippen molar-refractivity contribution in [2.24, 2.45) is 0 Å². The molecule has 0 atom stereocenters. The smallest absolute Gasteiger partial charge is 0.242 e. The fraction of sp³-hybridized carbons (Fsp3) is 0.222. The lowest BCUT2D eigenvalue weighted by Gasteiger charge is -2.04. The summed E-state index contributed by atoms with van der Waals surface area (Å²) < 4.78 is 30.8. The van der Waals surface area contributed by atoms with E-state index in [1.807, 2.05) is 0 Å². The SMILES string of the molecule is O=S(=O)(NCCc1ncno1)c1ccc(Cl)nc1. The van der Waals surface area contributed by atoms with Crippen LogP contribution in [0.2, 0.25) is 5.15 Å². The first-order chi connectivity index (χ1) is 8.58. The van der Waals surface area contributed by atoms with Gasteiger partial charge in [0.15, 0.2) is 6.33 Å². The highest BCUT2D eigenvalue weighted by atomic mass is 35.5. The third-order valence-corrected chi connectivity index (χ3v) is 3.72. The van der Waals surface area contributed by atoms with E-state index in [-0.39, 0.29) is 16.6 Å². The van der Waals surface area contributed by atoms with Gasteiger partial charge in [-0.3, -0.25) is 0 Å². The summed E-state index contributed by atoms with van der Waals surface area (Å²) in [6.45, 7) is 0.160. The van der Waals surface area contributed by atoms with Gasteiger partial charge < -0.3 is 4.52 Å². The number of halogens is 1. The maximum Gasteiger partial charge on any atom is 0.242 e. The van der Waals surface area contributed by atoms with Crippen molar-refractivity contribution in [3.63, 3.8) is 0 Å². The molecule has 2 aromatic heterocycles. The number of nitrogens with one attached hydrogen (secondary N) is 1. The molecule has 2 rings (SSSR count). The molecule has 0 saturated heterocycles. The summed E-state index contributed by atoms with van der Waals surface area (Å²) >= 11 is 5.58. The summed E-state index contributed by atoms with van der Waals surface area (Å²) in [7, 11) is -3.59. The molecule has 7 nitrogen and oxygen atoms in total. The zero-order chi connectivity index (χ0) is 13.0. The van der Waals surface area contributed by atoms with Crippen molar-refractivity contribution in [1.82, 2.24) is 19.8 Å². The molecule has 2 aromatic rings. The van der Waals surface area contributed by atoms with Gasteiger partial charge in [0, 0.05) is 19.2 Å². The largest absolute Gasteiger partial charge is 0.340 e. The van der Waals surface area contributed by atoms with Crippen LogP contribution < -0.4 is 4.72 Å². The molecule has 0 aromatic carbocycles. The Morgan fingerprint density at radius 2 is 2.17 bits per heavy atom. The fourth-order valence-corrected chi connectivity index (χ4v) is 2.29. The van der Waals surface area contributed by atoms with Gasteiger partial charge in [0.2, 0.25) is 15.9 Å². The van der Waals surface area contributed by atoms with Gasteiger partial charge in [-0.1, -0.05) is 16.8 Å². The Bertz CT molecular complexity index is 597. The van der Waals surface area contributed by atoms with E-state index in [9.17, 15) is 8.42 Å². The van der Waals surface area contributed by atoms with Crippen LogP contribution in [-0.4, -0.2) is 30.1 Å². The minimum atomic E-state index is -3.59. The maximum atomic E-state index is 11.8. The number of pyridine rings is 1. The molecule has 0 saturated carbocycles. The van der Waals surface area contributed by atoms with Crippen molar-refractivity contribution in [2.75, 3.05) is 6.54 Å². The molecule has 9 heteroatoms. The van der Waals surface area contributed by atoms with Gasteiger partial charge in [0.05, 0.1) is 0 Å². The molecule has 0 spiro atoms. The summed E-state index contributed by atoms with van der Waals surface area (Å²) in [5.74, 6) is 0.368. The molecule has 0 aliphatic rings. The van der Waals surface area contributed by atoms with Crippen LogP contribution >= 0.6 is 11.6 Å². The van der Waals surface area contributed by atoms with Crippen molar-refractivity contribution in [3.8, 4) is 0 Å². The van der Waals surface area contributed by atoms with Crippen molar-refractivity contribution in [3.05, 3.63) is 35.7 Å². The molecule has 18 heavy (non-hydrogen) atoms. The Morgan fingerprint density at radius 1 is 1.33 bits per heavy atom. The second-order valence-corrected chi connectivity index (χ2v) is 5.45. The van der Waals surface area contributed by atoms with E-state index < -0.39 is 10.0 Å². The van der Waals surface area contributed by atoms with Crippen LogP contribution in [0.25, 0.3) is 0 Å². The molecule has 0 aliphatic heterocycles. The molecule has 1 N–H and O–H groups in total. The predicted octanol–water partition coefficient (Wildman–Crippen LogP) is 0.639. The van der Waals surface area contributed by atoms with Crippen LogP contribution in [0.1, 0.15) is 5.89 Å². The van der Waals surface area contributed by atoms with Gasteiger partial charge in [-0.05, 0) is 12.1 Å². The first-order valence-corrected chi connectivity index (χ1v) is 6.81. The third kappa shape index (κ3) is 3.25. The van der Waals surface area contributed by atoms with Gasteiger partial charge in [-0.25, -0.2) is 18.1 Å². The number of aromatic nitrogens is 3. The van der Waals surface area contributed by atoms with Crippen molar-refractivity contribution in [2.45, 2.75) is 11.3 Å². The molecule has 0 aliphatic carbocycles. The summed E-state index contributed by atoms with van der Waals surface area (Å²) in [5.41, 5.74) is 0. The summed E-state index contributed by atoms with van der Waals surface area (Å²) in [4.78, 5) is 7.54. The van der Waals surface area contributed by atoms with Crippen LogP contribution in [0.3, 0.4) is 0 Å². The van der Waals surface area contributed by atoms with Gasteiger partial charge in [-0.15, -0.1) is 0 Å². The van der Waals surface area contributed by atoms with E-state index in [4.69, 9.17) is 16.1 Å². The minimum Gasteiger partial charge on any atom is -0.340 e. The van der Waals surface area contributed by atoms with E-state index in [0.717, 1.165) is 0 Å². The van der Waals surface area contributed by atoms with Gasteiger partial charge >= 0.3 is 0 Å². The lowest BCUT2D eigenvalue weighted by molar-refractivity contribution is 0.377. The monoisotopic (exact) mass is 288 g/mol. The highest BCUT2D eigenvalue weighted by Crippen LogP contribution is 2.10. The van der Waals surface area contributed by atoms with E-state index in [2.05, 4.69) is 19.8 Å². The average Bonchev–Trinajstić information content (AvgIpc) is 2.82. The number of rotatable bonds is 5. The molecule has 0 radical (unpaired) electrons. The fourth-order valence-electron chi connectivity index (χ4n) is 1.20. The molecular formula is C9H9ClN4O3S. The summed E-state index contributed by atoms with van der Waals surface area (Å²) in [6.07, 6.45) is 2.77. The van der Waals surface area contributed by atoms with E-state index in [1.165, 1.54) is 24.7 Å². The Labute approximate surface area is 108 Å². The van der Waals surface area contributed by atoms with E-state index in [0.29, 0.717) is 12.3 Å². The quantitative estimate of drug-likeness (QED) is 0.811. The normalized spacial score (nSPS) is 11.6. The highest BCUT2D eigenvalue weighted by molar-refractivity contribution is 7.89. The zero-order valence-electron chi connectivity index (χ0n) is 9.08. The number of sulfonamides is 1. The Balaban J connectivity index is 1.97. The topological polar surface area (TPSA) is 98.0 Å². The molecule has 0 amide bonds. The molecule has 0 unspecified atom stereocenters. The molecule has 96 valence electrons. The number of hydrogen-bond donors (Lipinski definition) is 1. The van der Waals surface area contributed by atoms with Gasteiger partial charge in [0.25, 0.3) is 0 Å². The second kappa shape index (κ2) is 5.42. The minimum absolute atomic E-state index is 0.0532. The number of nitrogens with zero attached hydrogens (tertiary/aromatic N) is 3. The molecule has 2 heterocycles. The van der Waals surface area contributed by atoms with Crippen molar-refractivity contribution < 1.29 is 12.9 Å². The first kappa shape index (κ1) is 12.9. The summed E-state index contributed by atoms with van der Waals surface area (Å²) in [5, 5.41) is 3.65. The third-order valence-electron chi connectivity index (χ3n) is 2.05. The Hall–Kier alpha value is -1.51. The van der Waals surface area contributed by atoms with Crippen LogP contribution in [0.4, 0.5) is 0 Å². The van der Waals surface area contributed by atoms with Gasteiger partial charge in [-0.2, -0.15) is 4.98 Å². The predicted molar refractivity (Wildman–Crippen MR) is 62.4 cm³/mol. The van der Waals surface area contributed by atoms with E-state index in [1.54, 1.807) is 0 Å². The van der Waals surface area contributed by atoms with Crippen molar-refractivity contribution in [1.29, 1.82) is 0 Å². The highest BCUT2D eigenvalue weighted by Gasteiger charge is 2.14. The lowest BCUT2D eigenvalue weighted by atomic mass is 10.4. The zero-order valence-corrected chi connectivity index (χ0v) is 10.6. The van der Waals surface area contributed by atoms with Crippen molar-refractivity contribution >= 4 is 21.6 Å². The van der Waals surface area contributed by atoms with Gasteiger partial charge in [0.1, 0.15) is 10.0 Å².